The minimum atomic E-state index is -4.52. The molecule has 0 aliphatic rings. The SMILES string of the molecule is O=C(COC(=O)c1ccc(OCC(=O)Nc2cccc(C(F)(F)F)c2)cc1)NCc1ccco1. The molecule has 3 aromatic rings. The van der Waals surface area contributed by atoms with E-state index < -0.39 is 42.7 Å². The number of alkyl halides is 3. The highest BCUT2D eigenvalue weighted by molar-refractivity contribution is 5.92. The van der Waals surface area contributed by atoms with E-state index in [1.54, 1.807) is 12.1 Å². The van der Waals surface area contributed by atoms with Crippen LogP contribution in [0.5, 0.6) is 5.75 Å². The van der Waals surface area contributed by atoms with Crippen LogP contribution < -0.4 is 15.4 Å². The molecular weight excluding hydrogens is 457 g/mol. The minimum Gasteiger partial charge on any atom is -0.484 e. The second-order valence-corrected chi connectivity index (χ2v) is 6.87. The lowest BCUT2D eigenvalue weighted by atomic mass is 10.2. The van der Waals surface area contributed by atoms with Gasteiger partial charge in [0.15, 0.2) is 13.2 Å². The van der Waals surface area contributed by atoms with Crippen LogP contribution in [0.4, 0.5) is 18.9 Å². The summed E-state index contributed by atoms with van der Waals surface area (Å²) in [5.74, 6) is -1.10. The van der Waals surface area contributed by atoms with Crippen LogP contribution in [0.3, 0.4) is 0 Å². The Hall–Kier alpha value is -4.28. The van der Waals surface area contributed by atoms with Gasteiger partial charge in [0.2, 0.25) is 0 Å². The summed E-state index contributed by atoms with van der Waals surface area (Å²) in [4.78, 5) is 35.8. The molecule has 2 N–H and O–H groups in total. The number of furan rings is 1. The predicted octanol–water partition coefficient (Wildman–Crippen LogP) is 3.79. The molecule has 1 aromatic heterocycles. The van der Waals surface area contributed by atoms with Gasteiger partial charge in [-0.25, -0.2) is 4.79 Å². The first kappa shape index (κ1) is 24.4. The number of anilines is 1. The fraction of sp³-hybridized carbons (Fsp3) is 0.174. The van der Waals surface area contributed by atoms with Gasteiger partial charge in [-0.2, -0.15) is 13.2 Å². The van der Waals surface area contributed by atoms with Crippen LogP contribution in [0.15, 0.2) is 71.3 Å². The first-order chi connectivity index (χ1) is 16.2. The predicted molar refractivity (Wildman–Crippen MR) is 113 cm³/mol. The third kappa shape index (κ3) is 7.40. The first-order valence-electron chi connectivity index (χ1n) is 9.87. The molecule has 0 saturated carbocycles. The summed E-state index contributed by atoms with van der Waals surface area (Å²) < 4.78 is 53.5. The van der Waals surface area contributed by atoms with Gasteiger partial charge in [0, 0.05) is 5.69 Å². The Labute approximate surface area is 191 Å². The van der Waals surface area contributed by atoms with Gasteiger partial charge in [0.05, 0.1) is 23.9 Å². The Morgan fingerprint density at radius 1 is 0.912 bits per heavy atom. The van der Waals surface area contributed by atoms with Crippen LogP contribution in [-0.4, -0.2) is 31.0 Å². The van der Waals surface area contributed by atoms with Gasteiger partial charge in [0.25, 0.3) is 11.8 Å². The minimum absolute atomic E-state index is 0.0188. The highest BCUT2D eigenvalue weighted by atomic mass is 19.4. The molecule has 178 valence electrons. The lowest BCUT2D eigenvalue weighted by molar-refractivity contribution is -0.137. The summed E-state index contributed by atoms with van der Waals surface area (Å²) in [6.45, 7) is -0.778. The maximum Gasteiger partial charge on any atom is 0.416 e. The highest BCUT2D eigenvalue weighted by Gasteiger charge is 2.30. The average molecular weight is 476 g/mol. The second-order valence-electron chi connectivity index (χ2n) is 6.87. The molecule has 0 spiro atoms. The standard InChI is InChI=1S/C23H19F3N2O6/c24-23(25,26)16-3-1-4-17(11-16)28-21(30)14-33-18-8-6-15(7-9-18)22(31)34-13-20(29)27-12-19-5-2-10-32-19/h1-11H,12-14H2,(H,27,29)(H,28,30). The maximum absolute atomic E-state index is 12.7. The van der Waals surface area contributed by atoms with Crippen molar-refractivity contribution < 1.29 is 41.4 Å². The molecule has 0 saturated heterocycles. The maximum atomic E-state index is 12.7. The van der Waals surface area contributed by atoms with Crippen molar-refractivity contribution >= 4 is 23.5 Å². The summed E-state index contributed by atoms with van der Waals surface area (Å²) in [5.41, 5.74) is -0.752. The van der Waals surface area contributed by atoms with Gasteiger partial charge in [-0.15, -0.1) is 0 Å². The van der Waals surface area contributed by atoms with Crippen LogP contribution in [0.25, 0.3) is 0 Å². The molecule has 8 nitrogen and oxygen atoms in total. The lowest BCUT2D eigenvalue weighted by Gasteiger charge is -2.11. The molecule has 2 amide bonds. The molecular formula is C23H19F3N2O6. The number of halogens is 3. The largest absolute Gasteiger partial charge is 0.484 e. The van der Waals surface area contributed by atoms with Crippen molar-refractivity contribution in [2.24, 2.45) is 0 Å². The van der Waals surface area contributed by atoms with E-state index in [9.17, 15) is 27.6 Å². The number of hydrogen-bond acceptors (Lipinski definition) is 6. The number of hydrogen-bond donors (Lipinski definition) is 2. The monoisotopic (exact) mass is 476 g/mol. The number of amides is 2. The van der Waals surface area contributed by atoms with E-state index in [0.717, 1.165) is 12.1 Å². The van der Waals surface area contributed by atoms with Gasteiger partial charge in [-0.1, -0.05) is 6.07 Å². The number of benzene rings is 2. The quantitative estimate of drug-likeness (QED) is 0.455. The summed E-state index contributed by atoms with van der Waals surface area (Å²) in [7, 11) is 0. The number of rotatable bonds is 9. The number of carbonyl (C=O) groups is 3. The summed E-state index contributed by atoms with van der Waals surface area (Å²) in [6, 6.07) is 13.2. The van der Waals surface area contributed by atoms with E-state index in [1.165, 1.54) is 42.7 Å². The summed E-state index contributed by atoms with van der Waals surface area (Å²) in [5, 5.41) is 4.85. The van der Waals surface area contributed by atoms with Crippen molar-refractivity contribution in [3.63, 3.8) is 0 Å². The molecule has 0 aliphatic carbocycles. The van der Waals surface area contributed by atoms with E-state index in [1.807, 2.05) is 0 Å². The molecule has 11 heteroatoms. The fourth-order valence-electron chi connectivity index (χ4n) is 2.67. The van der Waals surface area contributed by atoms with Gasteiger partial charge >= 0.3 is 12.1 Å². The molecule has 0 atom stereocenters. The molecule has 0 bridgehead atoms. The Kier molecular flexibility index (Phi) is 7.91. The molecule has 0 fully saturated rings. The van der Waals surface area contributed by atoms with Crippen LogP contribution in [0.2, 0.25) is 0 Å². The molecule has 0 unspecified atom stereocenters. The van der Waals surface area contributed by atoms with E-state index in [0.29, 0.717) is 5.76 Å². The second kappa shape index (κ2) is 11.0. The molecule has 3 rings (SSSR count). The van der Waals surface area contributed by atoms with Gasteiger partial charge in [-0.05, 0) is 54.6 Å². The van der Waals surface area contributed by atoms with Gasteiger partial charge < -0.3 is 24.5 Å². The zero-order chi connectivity index (χ0) is 24.6. The summed E-state index contributed by atoms with van der Waals surface area (Å²) in [6.07, 6.45) is -3.05. The molecule has 0 radical (unpaired) electrons. The van der Waals surface area contributed by atoms with E-state index in [4.69, 9.17) is 13.9 Å². The van der Waals surface area contributed by atoms with Crippen molar-refractivity contribution in [3.8, 4) is 5.75 Å². The van der Waals surface area contributed by atoms with E-state index in [2.05, 4.69) is 10.6 Å². The molecule has 2 aromatic carbocycles. The average Bonchev–Trinajstić information content (AvgIpc) is 3.33. The Bertz CT molecular complexity index is 1130. The number of ether oxygens (including phenoxy) is 2. The van der Waals surface area contributed by atoms with Crippen LogP contribution in [-0.2, 0) is 27.0 Å². The van der Waals surface area contributed by atoms with Gasteiger partial charge in [0.1, 0.15) is 11.5 Å². The van der Waals surface area contributed by atoms with Crippen molar-refractivity contribution in [3.05, 3.63) is 83.8 Å². The van der Waals surface area contributed by atoms with Gasteiger partial charge in [-0.3, -0.25) is 9.59 Å². The normalized spacial score (nSPS) is 10.9. The van der Waals surface area contributed by atoms with Crippen molar-refractivity contribution in [2.75, 3.05) is 18.5 Å². The number of carbonyl (C=O) groups excluding carboxylic acids is 3. The van der Waals surface area contributed by atoms with Crippen LogP contribution in [0.1, 0.15) is 21.7 Å². The highest BCUT2D eigenvalue weighted by Crippen LogP contribution is 2.30. The van der Waals surface area contributed by atoms with Crippen molar-refractivity contribution in [1.82, 2.24) is 5.32 Å². The van der Waals surface area contributed by atoms with Crippen LogP contribution >= 0.6 is 0 Å². The molecule has 0 aliphatic heterocycles. The third-order valence-corrected chi connectivity index (χ3v) is 4.31. The Morgan fingerprint density at radius 2 is 1.68 bits per heavy atom. The zero-order valence-electron chi connectivity index (χ0n) is 17.6. The van der Waals surface area contributed by atoms with E-state index >= 15 is 0 Å². The molecule has 1 heterocycles. The Balaban J connectivity index is 1.42. The summed E-state index contributed by atoms with van der Waals surface area (Å²) >= 11 is 0. The molecule has 34 heavy (non-hydrogen) atoms. The smallest absolute Gasteiger partial charge is 0.416 e. The number of nitrogens with one attached hydrogen (secondary N) is 2. The van der Waals surface area contributed by atoms with Crippen LogP contribution in [0, 0.1) is 0 Å². The number of esters is 1. The van der Waals surface area contributed by atoms with Crippen molar-refractivity contribution in [1.29, 1.82) is 0 Å². The van der Waals surface area contributed by atoms with Crippen molar-refractivity contribution in [2.45, 2.75) is 12.7 Å². The topological polar surface area (TPSA) is 107 Å². The fourth-order valence-corrected chi connectivity index (χ4v) is 2.67. The zero-order valence-corrected chi connectivity index (χ0v) is 17.6. The first-order valence-corrected chi connectivity index (χ1v) is 9.87. The van der Waals surface area contributed by atoms with E-state index in [-0.39, 0.29) is 23.5 Å². The lowest BCUT2D eigenvalue weighted by Crippen LogP contribution is -2.28. The third-order valence-electron chi connectivity index (χ3n) is 4.31. The Morgan fingerprint density at radius 3 is 2.35 bits per heavy atom.